The van der Waals surface area contributed by atoms with Crippen molar-refractivity contribution in [3.63, 3.8) is 0 Å². The summed E-state index contributed by atoms with van der Waals surface area (Å²) in [6.45, 7) is 2.08. The molecule has 7 heteroatoms. The molecule has 0 aromatic heterocycles. The van der Waals surface area contributed by atoms with Gasteiger partial charge in [-0.2, -0.15) is 8.42 Å². The second kappa shape index (κ2) is 10.7. The topological polar surface area (TPSA) is 86.7 Å². The Morgan fingerprint density at radius 2 is 1.72 bits per heavy atom. The van der Waals surface area contributed by atoms with E-state index in [1.54, 1.807) is 24.3 Å². The van der Waals surface area contributed by atoms with Crippen LogP contribution in [0.2, 0.25) is 0 Å². The molecule has 0 aliphatic rings. The summed E-state index contributed by atoms with van der Waals surface area (Å²) in [5, 5.41) is 12.0. The minimum absolute atomic E-state index is 0. The average molecular weight is 389 g/mol. The van der Waals surface area contributed by atoms with Gasteiger partial charge in [0.25, 0.3) is 10.1 Å². The first-order chi connectivity index (χ1) is 11.4. The molecular weight excluding hydrogens is 367 g/mol. The van der Waals surface area contributed by atoms with Crippen LogP contribution in [0, 0.1) is 0 Å². The predicted octanol–water partition coefficient (Wildman–Crippen LogP) is 0.926. The van der Waals surface area contributed by atoms with E-state index >= 15 is 0 Å². The number of para-hydroxylation sites is 1. The summed E-state index contributed by atoms with van der Waals surface area (Å²) in [7, 11) is -4.61. The zero-order chi connectivity index (χ0) is 17.6. The molecule has 0 fully saturated rings. The van der Waals surface area contributed by atoms with Gasteiger partial charge in [-0.15, -0.1) is 0 Å². The molecule has 0 radical (unpaired) electrons. The zero-order valence-electron chi connectivity index (χ0n) is 14.6. The van der Waals surface area contributed by atoms with E-state index in [9.17, 15) is 18.1 Å². The maximum Gasteiger partial charge on any atom is 1.00 e. The van der Waals surface area contributed by atoms with Crippen LogP contribution in [-0.4, -0.2) is 13.0 Å². The van der Waals surface area contributed by atoms with Gasteiger partial charge in [0.2, 0.25) is 0 Å². The first kappa shape index (κ1) is 22.6. The fourth-order valence-electron chi connectivity index (χ4n) is 2.55. The minimum Gasteiger partial charge on any atom is -0.872 e. The molecule has 0 atom stereocenters. The van der Waals surface area contributed by atoms with E-state index in [0.29, 0.717) is 18.6 Å². The Morgan fingerprint density at radius 1 is 1.04 bits per heavy atom. The molecule has 5 nitrogen and oxygen atoms in total. The predicted molar refractivity (Wildman–Crippen MR) is 90.1 cm³/mol. The molecule has 0 bridgehead atoms. The molecule has 0 aliphatic heterocycles. The smallest absolute Gasteiger partial charge is 0.872 e. The first-order valence-corrected chi connectivity index (χ1v) is 9.40. The van der Waals surface area contributed by atoms with E-state index in [0.717, 1.165) is 25.3 Å². The molecule has 25 heavy (non-hydrogen) atoms. The summed E-state index contributed by atoms with van der Waals surface area (Å²) in [6.07, 6.45) is 4.04. The molecule has 0 saturated heterocycles. The molecule has 0 aliphatic carbocycles. The van der Waals surface area contributed by atoms with Gasteiger partial charge in [0.05, 0.1) is 4.90 Å². The molecule has 2 rings (SSSR count). The van der Waals surface area contributed by atoms with Crippen molar-refractivity contribution in [3.8, 4) is 17.2 Å². The Balaban J connectivity index is 0.00000312. The summed E-state index contributed by atoms with van der Waals surface area (Å²) < 4.78 is 38.5. The largest absolute Gasteiger partial charge is 1.00 e. The van der Waals surface area contributed by atoms with E-state index in [2.05, 4.69) is 6.92 Å². The quantitative estimate of drug-likeness (QED) is 0.413. The van der Waals surface area contributed by atoms with Crippen LogP contribution < -0.4 is 61.2 Å². The molecule has 0 unspecified atom stereocenters. The van der Waals surface area contributed by atoms with Crippen molar-refractivity contribution in [1.82, 2.24) is 0 Å². The third-order valence-corrected chi connectivity index (χ3v) is 4.65. The van der Waals surface area contributed by atoms with Crippen molar-refractivity contribution in [2.75, 3.05) is 0 Å². The number of hydrogen-bond acceptors (Lipinski definition) is 4. The minimum atomic E-state index is -4.61. The summed E-state index contributed by atoms with van der Waals surface area (Å²) in [4.78, 5) is -0.576. The number of ether oxygens (including phenoxy) is 1. The fourth-order valence-corrected chi connectivity index (χ4v) is 3.38. The van der Waals surface area contributed by atoms with Gasteiger partial charge in [-0.3, -0.25) is 4.55 Å². The number of hydrogen-bond donors (Lipinski definition) is 1. The molecule has 0 spiro atoms. The molecular formula is C18H21KO5S. The second-order valence-electron chi connectivity index (χ2n) is 5.57. The summed E-state index contributed by atoms with van der Waals surface area (Å²) in [5.74, 6) is 0.0978. The summed E-state index contributed by atoms with van der Waals surface area (Å²) in [5.41, 5.74) is 0.241. The van der Waals surface area contributed by atoms with Gasteiger partial charge in [0.15, 0.2) is 0 Å². The van der Waals surface area contributed by atoms with Gasteiger partial charge < -0.3 is 9.84 Å². The normalized spacial score (nSPS) is 11.0. The van der Waals surface area contributed by atoms with Crippen LogP contribution in [0.25, 0.3) is 0 Å². The third-order valence-electron chi connectivity index (χ3n) is 3.69. The van der Waals surface area contributed by atoms with Crippen LogP contribution >= 0.6 is 0 Å². The van der Waals surface area contributed by atoms with Crippen molar-refractivity contribution < 1.29 is 74.2 Å². The van der Waals surface area contributed by atoms with Gasteiger partial charge >= 0.3 is 51.4 Å². The first-order valence-electron chi connectivity index (χ1n) is 7.96. The van der Waals surface area contributed by atoms with E-state index in [-0.39, 0.29) is 62.7 Å². The van der Waals surface area contributed by atoms with E-state index in [4.69, 9.17) is 4.74 Å². The molecule has 2 aromatic carbocycles. The Kier molecular flexibility index (Phi) is 9.65. The second-order valence-corrected chi connectivity index (χ2v) is 6.93. The van der Waals surface area contributed by atoms with Gasteiger partial charge in [-0.25, -0.2) is 0 Å². The van der Waals surface area contributed by atoms with Crippen LogP contribution in [0.15, 0.2) is 47.4 Å². The van der Waals surface area contributed by atoms with E-state index < -0.39 is 20.8 Å². The Hall–Kier alpha value is -0.414. The average Bonchev–Trinajstić information content (AvgIpc) is 2.53. The molecule has 0 amide bonds. The van der Waals surface area contributed by atoms with Gasteiger partial charge in [-0.1, -0.05) is 56.2 Å². The Labute approximate surface area is 191 Å². The summed E-state index contributed by atoms with van der Waals surface area (Å²) in [6, 6.07) is 11.5. The van der Waals surface area contributed by atoms with Crippen molar-refractivity contribution in [3.05, 3.63) is 48.0 Å². The molecule has 0 heterocycles. The van der Waals surface area contributed by atoms with Crippen LogP contribution in [0.4, 0.5) is 0 Å². The van der Waals surface area contributed by atoms with Crippen LogP contribution in [0.3, 0.4) is 0 Å². The van der Waals surface area contributed by atoms with E-state index in [1.165, 1.54) is 6.07 Å². The van der Waals surface area contributed by atoms with Gasteiger partial charge in [-0.05, 0) is 31.0 Å². The monoisotopic (exact) mass is 388 g/mol. The molecule has 1 N–H and O–H groups in total. The third kappa shape index (κ3) is 6.67. The number of unbranched alkanes of at least 4 members (excludes halogenated alkanes) is 3. The number of rotatable bonds is 8. The standard InChI is InChI=1S/C18H22O5S.K/c1-2-3-4-8-11-15-17(23-14-9-6-5-7-10-14)13-12-16(19)18(15)24(20,21)22;/h5-7,9-10,12-13,19H,2-4,8,11H2,1H3,(H,20,21,22);/q;+1/p-1. The Morgan fingerprint density at radius 3 is 2.32 bits per heavy atom. The molecule has 130 valence electrons. The van der Waals surface area contributed by atoms with E-state index in [1.807, 2.05) is 6.07 Å². The van der Waals surface area contributed by atoms with Crippen molar-refractivity contribution in [1.29, 1.82) is 0 Å². The molecule has 2 aromatic rings. The Bertz CT molecular complexity index is 776. The SMILES string of the molecule is CCCCCCc1c(Oc2ccccc2)ccc([O-])c1S(=O)(=O)O.[K+]. The van der Waals surface area contributed by atoms with Crippen molar-refractivity contribution >= 4 is 10.1 Å². The van der Waals surface area contributed by atoms with Crippen LogP contribution in [-0.2, 0) is 16.5 Å². The fraction of sp³-hybridized carbons (Fsp3) is 0.333. The van der Waals surface area contributed by atoms with Crippen LogP contribution in [0.1, 0.15) is 38.2 Å². The number of benzene rings is 2. The molecule has 0 saturated carbocycles. The zero-order valence-corrected chi connectivity index (χ0v) is 18.5. The maximum absolute atomic E-state index is 12.0. The van der Waals surface area contributed by atoms with Crippen LogP contribution in [0.5, 0.6) is 17.2 Å². The summed E-state index contributed by atoms with van der Waals surface area (Å²) >= 11 is 0. The van der Waals surface area contributed by atoms with Crippen molar-refractivity contribution in [2.45, 2.75) is 43.9 Å². The van der Waals surface area contributed by atoms with Gasteiger partial charge in [0, 0.05) is 5.56 Å². The van der Waals surface area contributed by atoms with Crippen molar-refractivity contribution in [2.24, 2.45) is 0 Å². The van der Waals surface area contributed by atoms with Gasteiger partial charge in [0.1, 0.15) is 11.5 Å². The maximum atomic E-state index is 12.0.